The maximum Gasteiger partial charge on any atom is 0.333 e. The molecule has 2 rings (SSSR count). The van der Waals surface area contributed by atoms with Crippen LogP contribution in [-0.4, -0.2) is 44.7 Å². The van der Waals surface area contributed by atoms with Crippen molar-refractivity contribution in [3.8, 4) is 0 Å². The van der Waals surface area contributed by atoms with E-state index in [4.69, 9.17) is 15.4 Å². The Morgan fingerprint density at radius 2 is 2.04 bits per heavy atom. The van der Waals surface area contributed by atoms with Crippen molar-refractivity contribution in [1.29, 1.82) is 0 Å². The molecule has 26 heavy (non-hydrogen) atoms. The van der Waals surface area contributed by atoms with Crippen LogP contribution in [-0.2, 0) is 11.3 Å². The second-order valence-corrected chi connectivity index (χ2v) is 6.42. The molecule has 0 unspecified atom stereocenters. The number of rotatable bonds is 9. The lowest BCUT2D eigenvalue weighted by Gasteiger charge is -2.17. The number of ether oxygens (including phenoxy) is 1. The van der Waals surface area contributed by atoms with Crippen LogP contribution in [0.4, 0.5) is 0 Å². The van der Waals surface area contributed by atoms with Gasteiger partial charge in [0.25, 0.3) is 5.56 Å². The van der Waals surface area contributed by atoms with Crippen molar-refractivity contribution < 1.29 is 14.9 Å². The molecule has 3 atom stereocenters. The van der Waals surface area contributed by atoms with Crippen molar-refractivity contribution in [3.05, 3.63) is 43.0 Å². The van der Waals surface area contributed by atoms with Crippen LogP contribution in [0, 0.1) is 6.92 Å². The molecule has 1 saturated heterocycles. The smallest absolute Gasteiger partial charge is 0.333 e. The van der Waals surface area contributed by atoms with Gasteiger partial charge in [0.15, 0.2) is 0 Å². The number of azide groups is 1. The van der Waals surface area contributed by atoms with Crippen molar-refractivity contribution >= 4 is 0 Å². The van der Waals surface area contributed by atoms with Gasteiger partial charge in [-0.15, -0.1) is 0 Å². The molecule has 10 heteroatoms. The van der Waals surface area contributed by atoms with E-state index in [0.29, 0.717) is 24.9 Å². The van der Waals surface area contributed by atoms with Gasteiger partial charge in [-0.25, -0.2) is 4.79 Å². The summed E-state index contributed by atoms with van der Waals surface area (Å²) in [5.41, 5.74) is 8.22. The first-order valence-electron chi connectivity index (χ1n) is 8.77. The van der Waals surface area contributed by atoms with E-state index in [1.54, 1.807) is 6.92 Å². The average molecular weight is 367 g/mol. The summed E-state index contributed by atoms with van der Waals surface area (Å²) in [7, 11) is 0. The summed E-state index contributed by atoms with van der Waals surface area (Å²) >= 11 is 0. The van der Waals surface area contributed by atoms with Gasteiger partial charge in [0.05, 0.1) is 18.8 Å². The Labute approximate surface area is 150 Å². The zero-order valence-corrected chi connectivity index (χ0v) is 14.8. The topological polar surface area (TPSA) is 142 Å². The highest BCUT2D eigenvalue weighted by molar-refractivity contribution is 5.04. The summed E-state index contributed by atoms with van der Waals surface area (Å²) in [6.45, 7) is 1.73. The quantitative estimate of drug-likeness (QED) is 0.288. The molecule has 0 bridgehead atoms. The molecule has 1 aliphatic rings. The van der Waals surface area contributed by atoms with E-state index in [1.807, 2.05) is 0 Å². The minimum absolute atomic E-state index is 0.134. The molecule has 1 aromatic rings. The fourth-order valence-corrected chi connectivity index (χ4v) is 3.14. The van der Waals surface area contributed by atoms with Crippen LogP contribution >= 0.6 is 0 Å². The van der Waals surface area contributed by atoms with E-state index in [0.717, 1.165) is 12.8 Å². The van der Waals surface area contributed by atoms with Crippen LogP contribution in [0.2, 0.25) is 0 Å². The summed E-state index contributed by atoms with van der Waals surface area (Å²) < 4.78 is 8.18. The molecular weight excluding hydrogens is 342 g/mol. The van der Waals surface area contributed by atoms with Crippen molar-refractivity contribution in [2.45, 2.75) is 63.9 Å². The summed E-state index contributed by atoms with van der Waals surface area (Å²) in [6.07, 6.45) is 3.33. The number of hydrogen-bond donors (Lipinski definition) is 2. The number of nitrogens with zero attached hydrogens (tertiary/aromatic N) is 5. The normalized spacial score (nSPS) is 22.3. The standard InChI is InChI=1S/C16H25N5O5/c1-11-9-21(14-8-12(18-19-17)13(10-23)26-14)16(25)20(15(11)24)6-4-2-3-5-7-22/h9,12-14,22-23H,2-8,10H2,1H3/t12-,13+,14+/m0/s1. The molecule has 0 amide bonds. The third-order valence-electron chi connectivity index (χ3n) is 4.55. The lowest BCUT2D eigenvalue weighted by Crippen LogP contribution is -2.42. The average Bonchev–Trinajstić information content (AvgIpc) is 3.03. The van der Waals surface area contributed by atoms with Gasteiger partial charge in [-0.2, -0.15) is 0 Å². The monoisotopic (exact) mass is 367 g/mol. The molecule has 0 spiro atoms. The maximum absolute atomic E-state index is 12.7. The van der Waals surface area contributed by atoms with E-state index in [2.05, 4.69) is 10.0 Å². The largest absolute Gasteiger partial charge is 0.396 e. The van der Waals surface area contributed by atoms with E-state index in [-0.39, 0.29) is 25.2 Å². The van der Waals surface area contributed by atoms with Gasteiger partial charge < -0.3 is 14.9 Å². The summed E-state index contributed by atoms with van der Waals surface area (Å²) in [6, 6.07) is -0.568. The second kappa shape index (κ2) is 9.54. The minimum atomic E-state index is -0.699. The molecule has 10 nitrogen and oxygen atoms in total. The highest BCUT2D eigenvalue weighted by Crippen LogP contribution is 2.29. The molecular formula is C16H25N5O5. The lowest BCUT2D eigenvalue weighted by molar-refractivity contribution is -0.0277. The number of aryl methyl sites for hydroxylation is 1. The van der Waals surface area contributed by atoms with Gasteiger partial charge in [-0.1, -0.05) is 18.0 Å². The van der Waals surface area contributed by atoms with Gasteiger partial charge in [0.2, 0.25) is 0 Å². The molecule has 0 aliphatic carbocycles. The number of hydrogen-bond acceptors (Lipinski definition) is 6. The Kier molecular flexibility index (Phi) is 7.40. The molecule has 2 heterocycles. The van der Waals surface area contributed by atoms with Gasteiger partial charge in [-0.3, -0.25) is 13.9 Å². The number of aliphatic hydroxyl groups is 2. The van der Waals surface area contributed by atoms with Crippen molar-refractivity contribution in [2.75, 3.05) is 13.2 Å². The first-order chi connectivity index (χ1) is 12.5. The maximum atomic E-state index is 12.7. The minimum Gasteiger partial charge on any atom is -0.396 e. The molecule has 1 fully saturated rings. The van der Waals surface area contributed by atoms with Gasteiger partial charge in [0.1, 0.15) is 6.23 Å². The van der Waals surface area contributed by atoms with Gasteiger partial charge in [-0.05, 0) is 25.3 Å². The Morgan fingerprint density at radius 1 is 1.31 bits per heavy atom. The summed E-state index contributed by atoms with van der Waals surface area (Å²) in [5.74, 6) is 0. The highest BCUT2D eigenvalue weighted by atomic mass is 16.5. The zero-order valence-electron chi connectivity index (χ0n) is 14.8. The van der Waals surface area contributed by atoms with Crippen LogP contribution in [0.5, 0.6) is 0 Å². The van der Waals surface area contributed by atoms with E-state index in [1.165, 1.54) is 15.3 Å². The Hall–Kier alpha value is -2.13. The van der Waals surface area contributed by atoms with Crippen LogP contribution in [0.1, 0.15) is 43.9 Å². The summed E-state index contributed by atoms with van der Waals surface area (Å²) in [5, 5.41) is 21.8. The fourth-order valence-electron chi connectivity index (χ4n) is 3.14. The zero-order chi connectivity index (χ0) is 19.1. The molecule has 2 N–H and O–H groups in total. The van der Waals surface area contributed by atoms with E-state index < -0.39 is 24.1 Å². The summed E-state index contributed by atoms with van der Waals surface area (Å²) in [4.78, 5) is 27.8. The first kappa shape index (κ1) is 20.2. The van der Waals surface area contributed by atoms with E-state index >= 15 is 0 Å². The molecule has 0 aromatic carbocycles. The fraction of sp³-hybridized carbons (Fsp3) is 0.750. The first-order valence-corrected chi connectivity index (χ1v) is 8.77. The second-order valence-electron chi connectivity index (χ2n) is 6.42. The Morgan fingerprint density at radius 3 is 2.69 bits per heavy atom. The van der Waals surface area contributed by atoms with Gasteiger partial charge >= 0.3 is 5.69 Å². The Bertz CT molecular complexity index is 767. The molecule has 0 saturated carbocycles. The SMILES string of the molecule is Cc1cn([C@H]2C[C@H](N=[N+]=[N-])[C@@H](CO)O2)c(=O)n(CCCCCCO)c1=O. The predicted molar refractivity (Wildman–Crippen MR) is 93.8 cm³/mol. The third kappa shape index (κ3) is 4.53. The van der Waals surface area contributed by atoms with Crippen LogP contribution in [0.3, 0.4) is 0 Å². The number of aromatic nitrogens is 2. The van der Waals surface area contributed by atoms with Crippen molar-refractivity contribution in [1.82, 2.24) is 9.13 Å². The van der Waals surface area contributed by atoms with Crippen molar-refractivity contribution in [3.63, 3.8) is 0 Å². The Balaban J connectivity index is 2.23. The van der Waals surface area contributed by atoms with E-state index in [9.17, 15) is 14.7 Å². The lowest BCUT2D eigenvalue weighted by atomic mass is 10.1. The number of unbranched alkanes of at least 4 members (excludes halogenated alkanes) is 3. The molecule has 0 radical (unpaired) electrons. The molecule has 1 aliphatic heterocycles. The molecule has 144 valence electrons. The highest BCUT2D eigenvalue weighted by Gasteiger charge is 2.36. The third-order valence-corrected chi connectivity index (χ3v) is 4.55. The number of aliphatic hydroxyl groups excluding tert-OH is 2. The molecule has 1 aromatic heterocycles. The van der Waals surface area contributed by atoms with Crippen LogP contribution in [0.15, 0.2) is 20.9 Å². The van der Waals surface area contributed by atoms with Crippen molar-refractivity contribution in [2.24, 2.45) is 5.11 Å². The van der Waals surface area contributed by atoms with Gasteiger partial charge in [0, 0.05) is 36.2 Å². The predicted octanol–water partition coefficient (Wildman–Crippen LogP) is 0.830. The van der Waals surface area contributed by atoms with Crippen LogP contribution < -0.4 is 11.2 Å². The van der Waals surface area contributed by atoms with Crippen LogP contribution in [0.25, 0.3) is 10.4 Å².